The summed E-state index contributed by atoms with van der Waals surface area (Å²) < 4.78 is 9.51. The van der Waals surface area contributed by atoms with E-state index in [1.807, 2.05) is 6.92 Å². The Balaban J connectivity index is 2.25. The molecule has 0 spiro atoms. The van der Waals surface area contributed by atoms with E-state index in [9.17, 15) is 0 Å². The molecule has 0 amide bonds. The van der Waals surface area contributed by atoms with Crippen LogP contribution in [0.3, 0.4) is 0 Å². The molecule has 0 aliphatic heterocycles. The van der Waals surface area contributed by atoms with Gasteiger partial charge in [0, 0.05) is 19.8 Å². The normalized spacial score (nSPS) is 10.1. The summed E-state index contributed by atoms with van der Waals surface area (Å²) in [5.41, 5.74) is 1.47. The molecule has 5 heteroatoms. The van der Waals surface area contributed by atoms with E-state index in [1.54, 1.807) is 0 Å². The highest BCUT2D eigenvalue weighted by molar-refractivity contribution is 7.10. The average molecular weight is 239 g/mol. The number of hydrogen-bond donors (Lipinski definition) is 1. The Kier molecular flexibility index (Phi) is 5.83. The number of ether oxygens (including phenoxy) is 1. The summed E-state index contributed by atoms with van der Waals surface area (Å²) in [4.78, 5) is 0. The molecule has 0 unspecified atom stereocenters. The first-order valence-corrected chi connectivity index (χ1v) is 6.25. The minimum atomic E-state index is 0.666. The van der Waals surface area contributed by atoms with Crippen molar-refractivity contribution in [2.45, 2.75) is 26.7 Å². The third-order valence-corrected chi connectivity index (χ3v) is 2.97. The molecular weight excluding hydrogens is 222 g/mol. The summed E-state index contributed by atoms with van der Waals surface area (Å²) in [5.74, 6) is 0. The molecule has 0 radical (unpaired) electrons. The number of aryl methyl sites for hydroxylation is 1. The van der Waals surface area contributed by atoms with Crippen molar-refractivity contribution in [3.05, 3.63) is 11.3 Å². The van der Waals surface area contributed by atoms with Gasteiger partial charge in [0.1, 0.15) is 16.6 Å². The minimum Gasteiger partial charge on any atom is -0.381 e. The van der Waals surface area contributed by atoms with Gasteiger partial charge in [0.05, 0.1) is 5.69 Å². The molecule has 0 saturated carbocycles. The first kappa shape index (κ1) is 12.9. The van der Waals surface area contributed by atoms with E-state index in [-0.39, 0.29) is 0 Å². The van der Waals surface area contributed by atoms with Crippen LogP contribution >= 0.6 is 11.5 Å². The van der Waals surface area contributed by atoms with Crippen LogP contribution in [0.15, 0.2) is 0 Å². The van der Waals surface area contributed by atoms with Crippen LogP contribution in [0, 0.1) is 18.3 Å². The van der Waals surface area contributed by atoms with Gasteiger partial charge >= 0.3 is 0 Å². The monoisotopic (exact) mass is 239 g/mol. The smallest absolute Gasteiger partial charge is 0.127 e. The van der Waals surface area contributed by atoms with Gasteiger partial charge in [-0.15, -0.1) is 0 Å². The van der Waals surface area contributed by atoms with Crippen molar-refractivity contribution in [2.75, 3.05) is 25.1 Å². The van der Waals surface area contributed by atoms with E-state index in [0.717, 1.165) is 43.3 Å². The van der Waals surface area contributed by atoms with Gasteiger partial charge in [-0.25, -0.2) is 0 Å². The minimum absolute atomic E-state index is 0.666. The highest BCUT2D eigenvalue weighted by Crippen LogP contribution is 2.22. The first-order chi connectivity index (χ1) is 7.79. The van der Waals surface area contributed by atoms with Crippen LogP contribution < -0.4 is 5.32 Å². The summed E-state index contributed by atoms with van der Waals surface area (Å²) in [6, 6.07) is 2.16. The number of anilines is 1. The predicted molar refractivity (Wildman–Crippen MR) is 65.8 cm³/mol. The second-order valence-corrected chi connectivity index (χ2v) is 4.25. The van der Waals surface area contributed by atoms with Crippen molar-refractivity contribution in [3.63, 3.8) is 0 Å². The highest BCUT2D eigenvalue weighted by Gasteiger charge is 2.08. The van der Waals surface area contributed by atoms with Crippen LogP contribution in [0.4, 0.5) is 5.00 Å². The molecule has 16 heavy (non-hydrogen) atoms. The third-order valence-electron chi connectivity index (χ3n) is 2.07. The van der Waals surface area contributed by atoms with Gasteiger partial charge in [0.15, 0.2) is 0 Å². The number of aromatic nitrogens is 1. The molecule has 1 aromatic heterocycles. The van der Waals surface area contributed by atoms with Gasteiger partial charge in [-0.1, -0.05) is 6.92 Å². The second kappa shape index (κ2) is 7.20. The van der Waals surface area contributed by atoms with Crippen LogP contribution in [0.1, 0.15) is 31.0 Å². The van der Waals surface area contributed by atoms with Gasteiger partial charge in [0.25, 0.3) is 0 Å². The zero-order chi connectivity index (χ0) is 11.8. The molecule has 1 rings (SSSR count). The van der Waals surface area contributed by atoms with E-state index in [2.05, 4.69) is 22.7 Å². The molecular formula is C11H17N3OS. The van der Waals surface area contributed by atoms with Gasteiger partial charge < -0.3 is 10.1 Å². The fourth-order valence-electron chi connectivity index (χ4n) is 1.24. The maximum absolute atomic E-state index is 8.91. The maximum atomic E-state index is 8.91. The molecule has 0 fully saturated rings. The average Bonchev–Trinajstić information content (AvgIpc) is 2.64. The van der Waals surface area contributed by atoms with Crippen LogP contribution in [-0.4, -0.2) is 24.1 Å². The Morgan fingerprint density at radius 2 is 2.31 bits per heavy atom. The van der Waals surface area contributed by atoms with Crippen molar-refractivity contribution in [1.82, 2.24) is 4.37 Å². The summed E-state index contributed by atoms with van der Waals surface area (Å²) >= 11 is 1.34. The van der Waals surface area contributed by atoms with Crippen molar-refractivity contribution >= 4 is 16.5 Å². The molecule has 0 bridgehead atoms. The van der Waals surface area contributed by atoms with E-state index < -0.39 is 0 Å². The molecule has 1 heterocycles. The van der Waals surface area contributed by atoms with E-state index in [1.165, 1.54) is 11.5 Å². The molecule has 1 aromatic rings. The SMILES string of the molecule is CCCOCCCNc1snc(C)c1C#N. The topological polar surface area (TPSA) is 57.9 Å². The van der Waals surface area contributed by atoms with Gasteiger partial charge in [-0.05, 0) is 31.3 Å². The lowest BCUT2D eigenvalue weighted by atomic mass is 10.3. The molecule has 0 aromatic carbocycles. The van der Waals surface area contributed by atoms with Gasteiger partial charge in [0.2, 0.25) is 0 Å². The lowest BCUT2D eigenvalue weighted by molar-refractivity contribution is 0.134. The molecule has 0 atom stereocenters. The zero-order valence-electron chi connectivity index (χ0n) is 9.75. The van der Waals surface area contributed by atoms with Crippen molar-refractivity contribution in [3.8, 4) is 6.07 Å². The molecule has 0 aliphatic rings. The molecule has 0 aliphatic carbocycles. The summed E-state index contributed by atoms with van der Waals surface area (Å²) in [6.07, 6.45) is 2.00. The van der Waals surface area contributed by atoms with E-state index >= 15 is 0 Å². The lowest BCUT2D eigenvalue weighted by Gasteiger charge is -2.04. The third kappa shape index (κ3) is 3.80. The number of rotatable bonds is 7. The van der Waals surface area contributed by atoms with Crippen LogP contribution in [0.2, 0.25) is 0 Å². The highest BCUT2D eigenvalue weighted by atomic mass is 32.1. The molecule has 4 nitrogen and oxygen atoms in total. The van der Waals surface area contributed by atoms with Crippen LogP contribution in [0.25, 0.3) is 0 Å². The van der Waals surface area contributed by atoms with Crippen LogP contribution in [0.5, 0.6) is 0 Å². The standard InChI is InChI=1S/C11H17N3OS/c1-3-6-15-7-4-5-13-11-10(8-12)9(2)14-16-11/h13H,3-7H2,1-2H3. The predicted octanol–water partition coefficient (Wildman–Crippen LogP) is 2.55. The Labute approximate surface area is 100 Å². The number of nitriles is 1. The molecule has 0 saturated heterocycles. The van der Waals surface area contributed by atoms with E-state index in [4.69, 9.17) is 10.00 Å². The molecule has 1 N–H and O–H groups in total. The Hall–Kier alpha value is -1.12. The largest absolute Gasteiger partial charge is 0.381 e. The summed E-state index contributed by atoms with van der Waals surface area (Å²) in [5, 5.41) is 13.0. The zero-order valence-corrected chi connectivity index (χ0v) is 10.6. The van der Waals surface area contributed by atoms with Gasteiger partial charge in [-0.2, -0.15) is 9.64 Å². The fourth-order valence-corrected chi connectivity index (χ4v) is 2.02. The fraction of sp³-hybridized carbons (Fsp3) is 0.636. The Morgan fingerprint density at radius 1 is 1.50 bits per heavy atom. The Bertz CT molecular complexity index is 357. The Morgan fingerprint density at radius 3 is 3.00 bits per heavy atom. The van der Waals surface area contributed by atoms with Gasteiger partial charge in [-0.3, -0.25) is 0 Å². The molecule has 88 valence electrons. The number of nitrogens with one attached hydrogen (secondary N) is 1. The summed E-state index contributed by atoms with van der Waals surface area (Å²) in [6.45, 7) is 6.35. The summed E-state index contributed by atoms with van der Waals surface area (Å²) in [7, 11) is 0. The number of nitrogens with zero attached hydrogens (tertiary/aromatic N) is 2. The van der Waals surface area contributed by atoms with Crippen LogP contribution in [-0.2, 0) is 4.74 Å². The van der Waals surface area contributed by atoms with E-state index in [0.29, 0.717) is 5.56 Å². The van der Waals surface area contributed by atoms with Crippen molar-refractivity contribution in [1.29, 1.82) is 5.26 Å². The van der Waals surface area contributed by atoms with Crippen molar-refractivity contribution in [2.24, 2.45) is 0 Å². The number of hydrogen-bond acceptors (Lipinski definition) is 5. The quantitative estimate of drug-likeness (QED) is 0.743. The second-order valence-electron chi connectivity index (χ2n) is 3.48. The lowest BCUT2D eigenvalue weighted by Crippen LogP contribution is -2.06. The maximum Gasteiger partial charge on any atom is 0.127 e. The first-order valence-electron chi connectivity index (χ1n) is 5.47. The van der Waals surface area contributed by atoms with Crippen molar-refractivity contribution < 1.29 is 4.74 Å².